The van der Waals surface area contributed by atoms with E-state index in [1.807, 2.05) is 13.1 Å². The van der Waals surface area contributed by atoms with Crippen molar-refractivity contribution in [2.75, 3.05) is 20.1 Å². The van der Waals surface area contributed by atoms with Gasteiger partial charge in [0.25, 0.3) is 0 Å². The number of benzene rings is 1. The Bertz CT molecular complexity index is 380. The molecule has 0 saturated carbocycles. The van der Waals surface area contributed by atoms with Crippen LogP contribution in [0.2, 0.25) is 0 Å². The van der Waals surface area contributed by atoms with Crippen LogP contribution in [0.3, 0.4) is 0 Å². The number of hydrogen-bond donors (Lipinski definition) is 2. The van der Waals surface area contributed by atoms with Crippen molar-refractivity contribution in [3.63, 3.8) is 0 Å². The molecule has 1 amide bonds. The fraction of sp³-hybridized carbons (Fsp3) is 0.462. The van der Waals surface area contributed by atoms with E-state index in [0.29, 0.717) is 25.1 Å². The Kier molecular flexibility index (Phi) is 5.63. The van der Waals surface area contributed by atoms with E-state index in [2.05, 4.69) is 10.6 Å². The van der Waals surface area contributed by atoms with E-state index in [4.69, 9.17) is 0 Å². The van der Waals surface area contributed by atoms with E-state index < -0.39 is 0 Å². The highest BCUT2D eigenvalue weighted by Crippen LogP contribution is 2.09. The minimum Gasteiger partial charge on any atom is -0.356 e. The van der Waals surface area contributed by atoms with Crippen molar-refractivity contribution in [3.05, 3.63) is 35.1 Å². The fourth-order valence-corrected chi connectivity index (χ4v) is 1.54. The van der Waals surface area contributed by atoms with E-state index in [0.717, 1.165) is 12.0 Å². The van der Waals surface area contributed by atoms with Gasteiger partial charge in [0.05, 0.1) is 0 Å². The van der Waals surface area contributed by atoms with Crippen LogP contribution in [0, 0.1) is 12.7 Å². The molecule has 0 saturated heterocycles. The third kappa shape index (κ3) is 4.95. The summed E-state index contributed by atoms with van der Waals surface area (Å²) < 4.78 is 13.0. The van der Waals surface area contributed by atoms with E-state index >= 15 is 0 Å². The first kappa shape index (κ1) is 13.6. The molecule has 0 radical (unpaired) electrons. The zero-order chi connectivity index (χ0) is 12.7. The molecule has 0 fully saturated rings. The van der Waals surface area contributed by atoms with Crippen molar-refractivity contribution in [2.45, 2.75) is 19.8 Å². The van der Waals surface area contributed by atoms with E-state index in [-0.39, 0.29) is 11.7 Å². The maximum absolute atomic E-state index is 13.0. The number of nitrogens with one attached hydrogen (secondary N) is 2. The van der Waals surface area contributed by atoms with Crippen LogP contribution < -0.4 is 10.6 Å². The van der Waals surface area contributed by atoms with Gasteiger partial charge in [-0.3, -0.25) is 4.79 Å². The second-order valence-corrected chi connectivity index (χ2v) is 4.04. The lowest BCUT2D eigenvalue weighted by Gasteiger charge is -2.06. The maximum Gasteiger partial charge on any atom is 0.221 e. The molecule has 94 valence electrons. The molecule has 4 heteroatoms. The van der Waals surface area contributed by atoms with E-state index in [9.17, 15) is 9.18 Å². The Balaban J connectivity index is 2.30. The van der Waals surface area contributed by atoms with Gasteiger partial charge >= 0.3 is 0 Å². The third-order valence-corrected chi connectivity index (χ3v) is 2.56. The van der Waals surface area contributed by atoms with E-state index in [1.165, 1.54) is 6.07 Å². The average molecular weight is 238 g/mol. The molecule has 0 aliphatic carbocycles. The van der Waals surface area contributed by atoms with Crippen LogP contribution in [-0.2, 0) is 11.2 Å². The molecule has 0 bridgehead atoms. The van der Waals surface area contributed by atoms with Crippen LogP contribution in [0.15, 0.2) is 18.2 Å². The lowest BCUT2D eigenvalue weighted by molar-refractivity contribution is -0.120. The Labute approximate surface area is 101 Å². The van der Waals surface area contributed by atoms with Gasteiger partial charge in [-0.25, -0.2) is 4.39 Å². The topological polar surface area (TPSA) is 41.1 Å². The van der Waals surface area contributed by atoms with Crippen molar-refractivity contribution in [1.82, 2.24) is 10.6 Å². The van der Waals surface area contributed by atoms with Gasteiger partial charge in [-0.1, -0.05) is 12.1 Å². The first-order valence-electron chi connectivity index (χ1n) is 5.80. The quantitative estimate of drug-likeness (QED) is 0.786. The number of carbonyl (C=O) groups excluding carboxylic acids is 1. The Morgan fingerprint density at radius 1 is 1.35 bits per heavy atom. The van der Waals surface area contributed by atoms with Crippen LogP contribution in [0.25, 0.3) is 0 Å². The van der Waals surface area contributed by atoms with Crippen LogP contribution in [-0.4, -0.2) is 26.0 Å². The van der Waals surface area contributed by atoms with Gasteiger partial charge in [-0.2, -0.15) is 0 Å². The van der Waals surface area contributed by atoms with Gasteiger partial charge in [0, 0.05) is 19.5 Å². The van der Waals surface area contributed by atoms with Gasteiger partial charge in [-0.15, -0.1) is 0 Å². The molecule has 0 unspecified atom stereocenters. The smallest absolute Gasteiger partial charge is 0.221 e. The Hall–Kier alpha value is -1.42. The molecule has 0 heterocycles. The number of hydrogen-bond acceptors (Lipinski definition) is 2. The number of rotatable bonds is 6. The molecule has 0 atom stereocenters. The van der Waals surface area contributed by atoms with Gasteiger partial charge in [-0.05, 0) is 37.6 Å². The van der Waals surface area contributed by atoms with Crippen LogP contribution >= 0.6 is 0 Å². The summed E-state index contributed by atoms with van der Waals surface area (Å²) in [5, 5.41) is 5.75. The predicted octanol–water partition coefficient (Wildman–Crippen LogP) is 1.40. The summed E-state index contributed by atoms with van der Waals surface area (Å²) in [5.74, 6) is -0.148. The van der Waals surface area contributed by atoms with Crippen molar-refractivity contribution in [3.8, 4) is 0 Å². The van der Waals surface area contributed by atoms with Crippen molar-refractivity contribution >= 4 is 5.91 Å². The summed E-state index contributed by atoms with van der Waals surface area (Å²) >= 11 is 0. The van der Waals surface area contributed by atoms with Gasteiger partial charge in [0.15, 0.2) is 0 Å². The summed E-state index contributed by atoms with van der Waals surface area (Å²) in [6.07, 6.45) is 1.21. The summed E-state index contributed by atoms with van der Waals surface area (Å²) in [6.45, 7) is 3.01. The second-order valence-electron chi connectivity index (χ2n) is 4.04. The maximum atomic E-state index is 13.0. The molecular formula is C13H19FN2O. The van der Waals surface area contributed by atoms with Crippen molar-refractivity contribution in [2.24, 2.45) is 0 Å². The number of carbonyl (C=O) groups is 1. The largest absolute Gasteiger partial charge is 0.356 e. The summed E-state index contributed by atoms with van der Waals surface area (Å²) in [4.78, 5) is 11.3. The molecule has 17 heavy (non-hydrogen) atoms. The minimum atomic E-state index is -0.188. The van der Waals surface area contributed by atoms with E-state index in [1.54, 1.807) is 13.0 Å². The highest BCUT2D eigenvalue weighted by atomic mass is 19.1. The molecule has 1 aromatic carbocycles. The van der Waals surface area contributed by atoms with Crippen LogP contribution in [0.4, 0.5) is 4.39 Å². The standard InChI is InChI=1S/C13H19FN2O/c1-10-9-11(3-4-12(10)14)5-8-16-13(17)6-7-15-2/h3-4,9,15H,5-8H2,1-2H3,(H,16,17). The van der Waals surface area contributed by atoms with Crippen molar-refractivity contribution in [1.29, 1.82) is 0 Å². The minimum absolute atomic E-state index is 0.0400. The molecule has 1 aromatic rings. The zero-order valence-corrected chi connectivity index (χ0v) is 10.3. The second kappa shape index (κ2) is 7.01. The summed E-state index contributed by atoms with van der Waals surface area (Å²) in [7, 11) is 1.81. The van der Waals surface area contributed by atoms with Crippen molar-refractivity contribution < 1.29 is 9.18 Å². The summed E-state index contributed by atoms with van der Waals surface area (Å²) in [5.41, 5.74) is 1.68. The highest BCUT2D eigenvalue weighted by Gasteiger charge is 2.01. The van der Waals surface area contributed by atoms with Crippen LogP contribution in [0.1, 0.15) is 17.5 Å². The lowest BCUT2D eigenvalue weighted by Crippen LogP contribution is -2.28. The highest BCUT2D eigenvalue weighted by molar-refractivity contribution is 5.76. The molecule has 0 aliphatic heterocycles. The normalized spacial score (nSPS) is 10.3. The van der Waals surface area contributed by atoms with Gasteiger partial charge in [0.2, 0.25) is 5.91 Å². The van der Waals surface area contributed by atoms with Gasteiger partial charge in [0.1, 0.15) is 5.82 Å². The first-order chi connectivity index (χ1) is 8.13. The predicted molar refractivity (Wildman–Crippen MR) is 66.4 cm³/mol. The SMILES string of the molecule is CNCCC(=O)NCCc1ccc(F)c(C)c1. The van der Waals surface area contributed by atoms with Crippen LogP contribution in [0.5, 0.6) is 0 Å². The lowest BCUT2D eigenvalue weighted by atomic mass is 10.1. The average Bonchev–Trinajstić information content (AvgIpc) is 2.31. The third-order valence-electron chi connectivity index (χ3n) is 2.56. The zero-order valence-electron chi connectivity index (χ0n) is 10.3. The Morgan fingerprint density at radius 2 is 2.12 bits per heavy atom. The van der Waals surface area contributed by atoms with Gasteiger partial charge < -0.3 is 10.6 Å². The molecule has 0 spiro atoms. The molecule has 0 aliphatic rings. The molecule has 2 N–H and O–H groups in total. The first-order valence-corrected chi connectivity index (χ1v) is 5.80. The Morgan fingerprint density at radius 3 is 2.76 bits per heavy atom. The number of aryl methyl sites for hydroxylation is 1. The summed E-state index contributed by atoms with van der Waals surface area (Å²) in [6, 6.07) is 5.03. The fourth-order valence-electron chi connectivity index (χ4n) is 1.54. The molecule has 3 nitrogen and oxygen atoms in total. The molecule has 0 aromatic heterocycles. The number of amides is 1. The molecule has 1 rings (SSSR count). The monoisotopic (exact) mass is 238 g/mol. The molecular weight excluding hydrogens is 219 g/mol. The number of halogens is 1.